The molecule has 0 bridgehead atoms. The topological polar surface area (TPSA) is 50.4 Å². The summed E-state index contributed by atoms with van der Waals surface area (Å²) in [7, 11) is 0. The molecule has 2 N–H and O–H groups in total. The predicted octanol–water partition coefficient (Wildman–Crippen LogP) is 2.94. The fourth-order valence-corrected chi connectivity index (χ4v) is 2.08. The van der Waals surface area contributed by atoms with Gasteiger partial charge in [-0.1, -0.05) is 32.9 Å². The van der Waals surface area contributed by atoms with Crippen molar-refractivity contribution in [2.45, 2.75) is 20.8 Å². The quantitative estimate of drug-likeness (QED) is 0.849. The summed E-state index contributed by atoms with van der Waals surface area (Å²) < 4.78 is 5.75. The van der Waals surface area contributed by atoms with Crippen molar-refractivity contribution in [1.82, 2.24) is 5.32 Å². The van der Waals surface area contributed by atoms with Gasteiger partial charge in [0.15, 0.2) is 0 Å². The molecule has 1 fully saturated rings. The van der Waals surface area contributed by atoms with Crippen LogP contribution in [0.5, 0.6) is 5.75 Å². The van der Waals surface area contributed by atoms with Crippen molar-refractivity contribution in [3.8, 4) is 5.75 Å². The average molecular weight is 313 g/mol. The van der Waals surface area contributed by atoms with E-state index in [2.05, 4.69) is 24.5 Å². The lowest BCUT2D eigenvalue weighted by molar-refractivity contribution is -0.121. The van der Waals surface area contributed by atoms with E-state index >= 15 is 0 Å². The fourth-order valence-electron chi connectivity index (χ4n) is 2.08. The maximum Gasteiger partial charge on any atom is 0.227 e. The molecule has 1 amide bonds. The SMILES string of the molecule is CC(C)COc1ccccc1NC(=O)C(C)C1CNC1.Cl. The Hall–Kier alpha value is -1.26. The van der Waals surface area contributed by atoms with Crippen molar-refractivity contribution < 1.29 is 9.53 Å². The van der Waals surface area contributed by atoms with Crippen LogP contribution in [-0.2, 0) is 4.79 Å². The lowest BCUT2D eigenvalue weighted by Crippen LogP contribution is -2.48. The van der Waals surface area contributed by atoms with Gasteiger partial charge in [-0.25, -0.2) is 0 Å². The molecule has 0 spiro atoms. The minimum atomic E-state index is 0. The number of hydrogen-bond acceptors (Lipinski definition) is 3. The highest BCUT2D eigenvalue weighted by Gasteiger charge is 2.29. The molecule has 21 heavy (non-hydrogen) atoms. The Morgan fingerprint density at radius 1 is 1.33 bits per heavy atom. The molecule has 1 aromatic rings. The summed E-state index contributed by atoms with van der Waals surface area (Å²) in [6.07, 6.45) is 0. The maximum atomic E-state index is 12.2. The second-order valence-electron chi connectivity index (χ2n) is 5.90. The summed E-state index contributed by atoms with van der Waals surface area (Å²) in [5.74, 6) is 1.73. The van der Waals surface area contributed by atoms with Gasteiger partial charge in [-0.15, -0.1) is 12.4 Å². The molecule has 1 heterocycles. The Kier molecular flexibility index (Phi) is 6.99. The molecule has 0 aliphatic carbocycles. The molecule has 0 saturated carbocycles. The van der Waals surface area contributed by atoms with Gasteiger partial charge in [0.1, 0.15) is 5.75 Å². The molecule has 118 valence electrons. The number of anilines is 1. The molecular weight excluding hydrogens is 288 g/mol. The number of amides is 1. The van der Waals surface area contributed by atoms with Crippen LogP contribution in [0.1, 0.15) is 20.8 Å². The first-order valence-corrected chi connectivity index (χ1v) is 7.31. The zero-order valence-electron chi connectivity index (χ0n) is 12.9. The molecule has 1 atom stereocenters. The Bertz CT molecular complexity index is 461. The van der Waals surface area contributed by atoms with Crippen molar-refractivity contribution in [1.29, 1.82) is 0 Å². The summed E-state index contributed by atoms with van der Waals surface area (Å²) >= 11 is 0. The Morgan fingerprint density at radius 3 is 2.57 bits per heavy atom. The summed E-state index contributed by atoms with van der Waals surface area (Å²) in [5.41, 5.74) is 0.761. The number of carbonyl (C=O) groups excluding carboxylic acids is 1. The van der Waals surface area contributed by atoms with Gasteiger partial charge in [-0.2, -0.15) is 0 Å². The van der Waals surface area contributed by atoms with Crippen LogP contribution >= 0.6 is 12.4 Å². The van der Waals surface area contributed by atoms with E-state index in [0.29, 0.717) is 18.4 Å². The van der Waals surface area contributed by atoms with Gasteiger partial charge >= 0.3 is 0 Å². The lowest BCUT2D eigenvalue weighted by Gasteiger charge is -2.31. The number of rotatable bonds is 6. The largest absolute Gasteiger partial charge is 0.491 e. The second-order valence-corrected chi connectivity index (χ2v) is 5.90. The van der Waals surface area contributed by atoms with E-state index in [1.54, 1.807) is 0 Å². The van der Waals surface area contributed by atoms with Crippen LogP contribution in [-0.4, -0.2) is 25.6 Å². The van der Waals surface area contributed by atoms with Crippen LogP contribution in [0.25, 0.3) is 0 Å². The molecule has 0 aromatic heterocycles. The molecular formula is C16H25ClN2O2. The smallest absolute Gasteiger partial charge is 0.227 e. The van der Waals surface area contributed by atoms with Crippen molar-refractivity contribution >= 4 is 24.0 Å². The van der Waals surface area contributed by atoms with E-state index in [1.807, 2.05) is 31.2 Å². The van der Waals surface area contributed by atoms with Gasteiger partial charge in [-0.3, -0.25) is 4.79 Å². The molecule has 4 nitrogen and oxygen atoms in total. The number of carbonyl (C=O) groups is 1. The summed E-state index contributed by atoms with van der Waals surface area (Å²) in [6.45, 7) is 8.70. The number of hydrogen-bond donors (Lipinski definition) is 2. The number of benzene rings is 1. The first kappa shape index (κ1) is 17.8. The molecule has 1 aliphatic heterocycles. The molecule has 2 rings (SSSR count). The molecule has 1 aliphatic rings. The van der Waals surface area contributed by atoms with Crippen molar-refractivity contribution in [3.63, 3.8) is 0 Å². The van der Waals surface area contributed by atoms with Gasteiger partial charge < -0.3 is 15.4 Å². The summed E-state index contributed by atoms with van der Waals surface area (Å²) in [4.78, 5) is 12.2. The second kappa shape index (κ2) is 8.25. The highest BCUT2D eigenvalue weighted by molar-refractivity contribution is 5.94. The van der Waals surface area contributed by atoms with Crippen LogP contribution in [0.3, 0.4) is 0 Å². The van der Waals surface area contributed by atoms with Crippen LogP contribution in [0.2, 0.25) is 0 Å². The monoisotopic (exact) mass is 312 g/mol. The molecule has 1 aromatic carbocycles. The predicted molar refractivity (Wildman–Crippen MR) is 88.2 cm³/mol. The van der Waals surface area contributed by atoms with E-state index in [4.69, 9.17) is 4.74 Å². The van der Waals surface area contributed by atoms with E-state index < -0.39 is 0 Å². The highest BCUT2D eigenvalue weighted by atomic mass is 35.5. The van der Waals surface area contributed by atoms with Gasteiger partial charge in [0.05, 0.1) is 12.3 Å². The van der Waals surface area contributed by atoms with E-state index in [-0.39, 0.29) is 24.2 Å². The van der Waals surface area contributed by atoms with Gasteiger partial charge in [0, 0.05) is 5.92 Å². The normalized spacial score (nSPS) is 15.8. The van der Waals surface area contributed by atoms with Crippen LogP contribution in [0, 0.1) is 17.8 Å². The van der Waals surface area contributed by atoms with E-state index in [9.17, 15) is 4.79 Å². The number of halogens is 1. The van der Waals surface area contributed by atoms with Crippen LogP contribution in [0.15, 0.2) is 24.3 Å². The van der Waals surface area contributed by atoms with E-state index in [0.717, 1.165) is 24.5 Å². The first-order valence-electron chi connectivity index (χ1n) is 7.31. The Labute approximate surface area is 133 Å². The van der Waals surface area contributed by atoms with E-state index in [1.165, 1.54) is 0 Å². The average Bonchev–Trinajstić information content (AvgIpc) is 2.35. The Balaban J connectivity index is 0.00000220. The van der Waals surface area contributed by atoms with Crippen molar-refractivity contribution in [2.75, 3.05) is 25.0 Å². The van der Waals surface area contributed by atoms with Gasteiger partial charge in [0.25, 0.3) is 0 Å². The first-order chi connectivity index (χ1) is 9.58. The Morgan fingerprint density at radius 2 is 2.00 bits per heavy atom. The molecule has 1 unspecified atom stereocenters. The summed E-state index contributed by atoms with van der Waals surface area (Å²) in [5, 5.41) is 6.19. The molecule has 5 heteroatoms. The van der Waals surface area contributed by atoms with Crippen molar-refractivity contribution in [3.05, 3.63) is 24.3 Å². The minimum Gasteiger partial charge on any atom is -0.491 e. The zero-order valence-corrected chi connectivity index (χ0v) is 13.7. The molecule has 1 saturated heterocycles. The third-order valence-corrected chi connectivity index (χ3v) is 3.65. The van der Waals surface area contributed by atoms with Crippen molar-refractivity contribution in [2.24, 2.45) is 17.8 Å². The minimum absolute atomic E-state index is 0. The maximum absolute atomic E-state index is 12.2. The number of ether oxygens (including phenoxy) is 1. The van der Waals surface area contributed by atoms with Crippen LogP contribution < -0.4 is 15.4 Å². The lowest BCUT2D eigenvalue weighted by atomic mass is 9.88. The van der Waals surface area contributed by atoms with Gasteiger partial charge in [-0.05, 0) is 37.1 Å². The highest BCUT2D eigenvalue weighted by Crippen LogP contribution is 2.26. The van der Waals surface area contributed by atoms with Gasteiger partial charge in [0.2, 0.25) is 5.91 Å². The number of nitrogens with one attached hydrogen (secondary N) is 2. The third kappa shape index (κ3) is 4.90. The third-order valence-electron chi connectivity index (χ3n) is 3.65. The number of para-hydroxylation sites is 2. The molecule has 0 radical (unpaired) electrons. The van der Waals surface area contributed by atoms with Crippen LogP contribution in [0.4, 0.5) is 5.69 Å². The zero-order chi connectivity index (χ0) is 14.5. The summed E-state index contributed by atoms with van der Waals surface area (Å²) in [6, 6.07) is 7.62. The fraction of sp³-hybridized carbons (Fsp3) is 0.562. The standard InChI is InChI=1S/C16H24N2O2.ClH/c1-11(2)10-20-15-7-5-4-6-14(15)18-16(19)12(3)13-8-17-9-13;/h4-7,11-13,17H,8-10H2,1-3H3,(H,18,19);1H.